The van der Waals surface area contributed by atoms with Gasteiger partial charge in [0, 0.05) is 10.4 Å². The minimum atomic E-state index is -4.70. The smallest absolute Gasteiger partial charge is 0.416 e. The molecule has 1 N–H and O–H groups in total. The lowest BCUT2D eigenvalue weighted by Gasteiger charge is -2.17. The van der Waals surface area contributed by atoms with Gasteiger partial charge < -0.3 is 4.74 Å². The van der Waals surface area contributed by atoms with Gasteiger partial charge in [-0.3, -0.25) is 4.72 Å². The first-order valence-corrected chi connectivity index (χ1v) is 12.3. The molecule has 6 nitrogen and oxygen atoms in total. The Balaban J connectivity index is 1.84. The fourth-order valence-electron chi connectivity index (χ4n) is 3.51. The van der Waals surface area contributed by atoms with Crippen LogP contribution in [0.3, 0.4) is 0 Å². The third kappa shape index (κ3) is 4.78. The number of halogens is 3. The van der Waals surface area contributed by atoms with Crippen LogP contribution >= 0.6 is 11.3 Å². The molecule has 0 radical (unpaired) electrons. The maximum absolute atomic E-state index is 13.4. The molecule has 0 atom stereocenters. The molecule has 1 heterocycles. The van der Waals surface area contributed by atoms with Crippen LogP contribution in [0, 0.1) is 11.3 Å². The first kappa shape index (κ1) is 23.8. The number of hydrogen-bond acceptors (Lipinski definition) is 6. The van der Waals surface area contributed by atoms with E-state index >= 15 is 0 Å². The highest BCUT2D eigenvalue weighted by atomic mass is 32.2. The highest BCUT2D eigenvalue weighted by molar-refractivity contribution is 7.92. The molecule has 1 fully saturated rings. The molecular formula is C23H17F3N2O4S2. The van der Waals surface area contributed by atoms with Crippen LogP contribution in [0.4, 0.5) is 18.9 Å². The molecule has 3 aromatic rings. The fourth-order valence-corrected chi connectivity index (χ4v) is 5.74. The molecule has 1 aromatic heterocycles. The van der Waals surface area contributed by atoms with Crippen LogP contribution < -0.4 is 4.72 Å². The molecule has 34 heavy (non-hydrogen) atoms. The minimum absolute atomic E-state index is 0.00783. The molecule has 1 aliphatic carbocycles. The van der Waals surface area contributed by atoms with Crippen LogP contribution in [-0.2, 0) is 20.9 Å². The molecule has 4 rings (SSSR count). The van der Waals surface area contributed by atoms with E-state index in [9.17, 15) is 26.4 Å². The predicted molar refractivity (Wildman–Crippen MR) is 120 cm³/mol. The topological polar surface area (TPSA) is 96.3 Å². The zero-order valence-electron chi connectivity index (χ0n) is 17.6. The van der Waals surface area contributed by atoms with Crippen LogP contribution in [0.1, 0.15) is 45.1 Å². The van der Waals surface area contributed by atoms with E-state index in [4.69, 9.17) is 5.26 Å². The monoisotopic (exact) mass is 506 g/mol. The Bertz CT molecular complexity index is 1420. The van der Waals surface area contributed by atoms with Gasteiger partial charge in [0.2, 0.25) is 0 Å². The summed E-state index contributed by atoms with van der Waals surface area (Å²) < 4.78 is 74.0. The van der Waals surface area contributed by atoms with E-state index in [1.54, 1.807) is 0 Å². The molecule has 0 spiro atoms. The number of esters is 1. The SMILES string of the molecule is COC(=O)c1ccc(C2CC2)c(S(=O)(=O)Nc2cc(C(F)(F)F)ccc2-c2ccc(C#N)s2)c1. The van der Waals surface area contributed by atoms with E-state index in [2.05, 4.69) is 9.46 Å². The number of sulfonamides is 1. The van der Waals surface area contributed by atoms with Crippen LogP contribution in [0.15, 0.2) is 53.4 Å². The number of ether oxygens (including phenoxy) is 1. The van der Waals surface area contributed by atoms with Crippen LogP contribution in [0.25, 0.3) is 10.4 Å². The third-order valence-electron chi connectivity index (χ3n) is 5.31. The number of benzene rings is 2. The standard InChI is InChI=1S/C23H17F3N2O4S2/c1-32-22(29)14-4-7-17(13-2-3-13)21(10-14)34(30,31)28-19-11-15(23(24,25)26)5-8-18(19)20-9-6-16(12-27)33-20/h4-11,13,28H,2-3H2,1H3. The van der Waals surface area contributed by atoms with Gasteiger partial charge in [0.15, 0.2) is 0 Å². The average Bonchev–Trinajstić information content (AvgIpc) is 3.54. The summed E-state index contributed by atoms with van der Waals surface area (Å²) in [5, 5.41) is 9.10. The zero-order valence-corrected chi connectivity index (χ0v) is 19.3. The number of methoxy groups -OCH3 is 1. The van der Waals surface area contributed by atoms with E-state index in [0.717, 1.165) is 43.4 Å². The Morgan fingerprint density at radius 3 is 2.47 bits per heavy atom. The van der Waals surface area contributed by atoms with E-state index in [0.29, 0.717) is 15.3 Å². The van der Waals surface area contributed by atoms with Gasteiger partial charge in [0.25, 0.3) is 10.0 Å². The Morgan fingerprint density at radius 1 is 1.15 bits per heavy atom. The maximum atomic E-state index is 13.4. The van der Waals surface area contributed by atoms with Crippen LogP contribution in [0.2, 0.25) is 0 Å². The molecule has 2 aromatic carbocycles. The first-order chi connectivity index (χ1) is 16.0. The number of carbonyl (C=O) groups excluding carboxylic acids is 1. The van der Waals surface area contributed by atoms with Gasteiger partial charge in [-0.25, -0.2) is 13.2 Å². The number of anilines is 1. The van der Waals surface area contributed by atoms with Gasteiger partial charge in [-0.05, 0) is 60.7 Å². The van der Waals surface area contributed by atoms with Crippen molar-refractivity contribution in [2.24, 2.45) is 0 Å². The summed E-state index contributed by atoms with van der Waals surface area (Å²) in [6.45, 7) is 0. The highest BCUT2D eigenvalue weighted by Crippen LogP contribution is 2.44. The molecule has 0 bridgehead atoms. The zero-order chi connectivity index (χ0) is 24.7. The van der Waals surface area contributed by atoms with Crippen molar-refractivity contribution in [3.63, 3.8) is 0 Å². The second kappa shape index (κ2) is 8.77. The Morgan fingerprint density at radius 2 is 1.88 bits per heavy atom. The summed E-state index contributed by atoms with van der Waals surface area (Å²) in [6, 6.07) is 11.9. The summed E-state index contributed by atoms with van der Waals surface area (Å²) in [7, 11) is -3.23. The number of nitriles is 1. The number of alkyl halides is 3. The number of nitrogens with one attached hydrogen (secondary N) is 1. The van der Waals surface area contributed by atoms with Gasteiger partial charge in [0.1, 0.15) is 10.9 Å². The second-order valence-corrected chi connectivity index (χ2v) is 10.4. The average molecular weight is 507 g/mol. The third-order valence-corrected chi connectivity index (χ3v) is 7.76. The maximum Gasteiger partial charge on any atom is 0.416 e. The number of carbonyl (C=O) groups is 1. The molecule has 0 amide bonds. The van der Waals surface area contributed by atoms with Crippen molar-refractivity contribution in [2.75, 3.05) is 11.8 Å². The second-order valence-electron chi connectivity index (χ2n) is 7.66. The van der Waals surface area contributed by atoms with Gasteiger partial charge in [-0.15, -0.1) is 11.3 Å². The molecular weight excluding hydrogens is 489 g/mol. The van der Waals surface area contributed by atoms with Crippen LogP contribution in [-0.4, -0.2) is 21.5 Å². The predicted octanol–water partition coefficient (Wildman–Crippen LogP) is 5.77. The number of nitrogens with zero attached hydrogens (tertiary/aromatic N) is 1. The molecule has 0 aliphatic heterocycles. The van der Waals surface area contributed by atoms with Crippen molar-refractivity contribution in [2.45, 2.75) is 29.8 Å². The molecule has 11 heteroatoms. The van der Waals surface area contributed by atoms with Crippen LogP contribution in [0.5, 0.6) is 0 Å². The van der Waals surface area contributed by atoms with E-state index in [1.165, 1.54) is 36.4 Å². The Kier molecular flexibility index (Phi) is 6.14. The van der Waals surface area contributed by atoms with Gasteiger partial charge >= 0.3 is 12.1 Å². The van der Waals surface area contributed by atoms with Crippen molar-refractivity contribution in [3.05, 3.63) is 70.1 Å². The first-order valence-electron chi connectivity index (χ1n) is 10.00. The summed E-state index contributed by atoms with van der Waals surface area (Å²) in [5.41, 5.74) is -0.631. The normalized spacial score (nSPS) is 13.9. The summed E-state index contributed by atoms with van der Waals surface area (Å²) in [5.74, 6) is -0.754. The van der Waals surface area contributed by atoms with E-state index in [-0.39, 0.29) is 27.6 Å². The molecule has 0 unspecified atom stereocenters. The number of thiophene rings is 1. The Hall–Kier alpha value is -3.36. The van der Waals surface area contributed by atoms with Crippen molar-refractivity contribution >= 4 is 33.0 Å². The van der Waals surface area contributed by atoms with Crippen molar-refractivity contribution in [3.8, 4) is 16.5 Å². The van der Waals surface area contributed by atoms with E-state index < -0.39 is 27.7 Å². The molecule has 1 saturated carbocycles. The fraction of sp³-hybridized carbons (Fsp3) is 0.217. The van der Waals surface area contributed by atoms with Gasteiger partial charge in [0.05, 0.1) is 28.8 Å². The van der Waals surface area contributed by atoms with E-state index in [1.807, 2.05) is 6.07 Å². The summed E-state index contributed by atoms with van der Waals surface area (Å²) in [4.78, 5) is 12.5. The summed E-state index contributed by atoms with van der Waals surface area (Å²) >= 11 is 1.02. The van der Waals surface area contributed by atoms with Gasteiger partial charge in [-0.2, -0.15) is 18.4 Å². The largest absolute Gasteiger partial charge is 0.465 e. The summed E-state index contributed by atoms with van der Waals surface area (Å²) in [6.07, 6.45) is -3.17. The Labute approximate surface area is 197 Å². The lowest BCUT2D eigenvalue weighted by atomic mass is 10.1. The van der Waals surface area contributed by atoms with Crippen molar-refractivity contribution in [1.82, 2.24) is 0 Å². The lowest BCUT2D eigenvalue weighted by molar-refractivity contribution is -0.137. The molecule has 176 valence electrons. The highest BCUT2D eigenvalue weighted by Gasteiger charge is 2.34. The van der Waals surface area contributed by atoms with Crippen molar-refractivity contribution in [1.29, 1.82) is 5.26 Å². The lowest BCUT2D eigenvalue weighted by Crippen LogP contribution is -2.17. The van der Waals surface area contributed by atoms with Crippen molar-refractivity contribution < 1.29 is 31.1 Å². The quantitative estimate of drug-likeness (QED) is 0.428. The molecule has 1 aliphatic rings. The number of hydrogen-bond donors (Lipinski definition) is 1. The van der Waals surface area contributed by atoms with Gasteiger partial charge in [-0.1, -0.05) is 12.1 Å². The minimum Gasteiger partial charge on any atom is -0.465 e. The number of rotatable bonds is 6. The molecule has 0 saturated heterocycles.